The Morgan fingerprint density at radius 3 is 2.59 bits per heavy atom. The topological polar surface area (TPSA) is 69.9 Å². The van der Waals surface area contributed by atoms with Gasteiger partial charge in [0.2, 0.25) is 0 Å². The van der Waals surface area contributed by atoms with Crippen molar-refractivity contribution in [2.75, 3.05) is 0 Å². The van der Waals surface area contributed by atoms with Gasteiger partial charge in [0.15, 0.2) is 5.78 Å². The van der Waals surface area contributed by atoms with Gasteiger partial charge in [-0.15, -0.1) is 0 Å². The van der Waals surface area contributed by atoms with E-state index >= 15 is 0 Å². The molecule has 5 aromatic rings. The van der Waals surface area contributed by atoms with E-state index in [2.05, 4.69) is 15.1 Å². The second-order valence-electron chi connectivity index (χ2n) is 8.22. The summed E-state index contributed by atoms with van der Waals surface area (Å²) in [6, 6.07) is 19.3. The first-order valence-corrected chi connectivity index (χ1v) is 11.2. The SMILES string of the molecule is Cc1ccn(-c2ccc3c(Oc4cccc(C(=O)CCc5ccncc5)c4C)ccnc3c2)n1. The lowest BCUT2D eigenvalue weighted by molar-refractivity contribution is 0.0982. The molecule has 6 heteroatoms. The molecule has 34 heavy (non-hydrogen) atoms. The van der Waals surface area contributed by atoms with Gasteiger partial charge in [0.1, 0.15) is 11.5 Å². The van der Waals surface area contributed by atoms with E-state index in [4.69, 9.17) is 4.74 Å². The maximum absolute atomic E-state index is 12.9. The summed E-state index contributed by atoms with van der Waals surface area (Å²) in [6.45, 7) is 3.89. The molecular weight excluding hydrogens is 424 g/mol. The molecule has 0 radical (unpaired) electrons. The van der Waals surface area contributed by atoms with Crippen LogP contribution in [0.1, 0.15) is 33.6 Å². The predicted octanol–water partition coefficient (Wildman–Crippen LogP) is 6.04. The van der Waals surface area contributed by atoms with E-state index in [1.165, 1.54) is 0 Å². The maximum atomic E-state index is 12.9. The van der Waals surface area contributed by atoms with Crippen molar-refractivity contribution >= 4 is 16.7 Å². The number of nitrogens with zero attached hydrogens (tertiary/aromatic N) is 4. The lowest BCUT2D eigenvalue weighted by Crippen LogP contribution is -2.05. The van der Waals surface area contributed by atoms with Crippen LogP contribution >= 0.6 is 0 Å². The Morgan fingerprint density at radius 1 is 0.941 bits per heavy atom. The van der Waals surface area contributed by atoms with Gasteiger partial charge in [0.05, 0.1) is 16.9 Å². The number of rotatable bonds is 7. The highest BCUT2D eigenvalue weighted by Crippen LogP contribution is 2.33. The number of carbonyl (C=O) groups excluding carboxylic acids is 1. The molecule has 0 amide bonds. The number of ether oxygens (including phenoxy) is 1. The van der Waals surface area contributed by atoms with Gasteiger partial charge in [-0.1, -0.05) is 12.1 Å². The van der Waals surface area contributed by atoms with E-state index in [1.807, 2.05) is 85.4 Å². The van der Waals surface area contributed by atoms with Crippen LogP contribution in [-0.2, 0) is 6.42 Å². The summed E-state index contributed by atoms with van der Waals surface area (Å²) in [6.07, 6.45) is 8.27. The number of benzene rings is 2. The van der Waals surface area contributed by atoms with E-state index in [-0.39, 0.29) is 5.78 Å². The summed E-state index contributed by atoms with van der Waals surface area (Å²) in [4.78, 5) is 21.5. The number of ketones is 1. The minimum Gasteiger partial charge on any atom is -0.456 e. The minimum absolute atomic E-state index is 0.0958. The second-order valence-corrected chi connectivity index (χ2v) is 8.22. The summed E-state index contributed by atoms with van der Waals surface area (Å²) < 4.78 is 8.13. The molecule has 168 valence electrons. The Kier molecular flexibility index (Phi) is 5.87. The Balaban J connectivity index is 1.39. The van der Waals surface area contributed by atoms with Crippen LogP contribution in [-0.4, -0.2) is 25.5 Å². The normalized spacial score (nSPS) is 11.0. The van der Waals surface area contributed by atoms with Gasteiger partial charge in [0.25, 0.3) is 0 Å². The summed E-state index contributed by atoms with van der Waals surface area (Å²) in [7, 11) is 0. The lowest BCUT2D eigenvalue weighted by Gasteiger charge is -2.14. The van der Waals surface area contributed by atoms with Crippen LogP contribution in [0.2, 0.25) is 0 Å². The van der Waals surface area contributed by atoms with Crippen molar-refractivity contribution in [1.29, 1.82) is 0 Å². The minimum atomic E-state index is 0.0958. The number of aromatic nitrogens is 4. The third-order valence-electron chi connectivity index (χ3n) is 5.87. The summed E-state index contributed by atoms with van der Waals surface area (Å²) in [5.74, 6) is 1.45. The number of carbonyl (C=O) groups is 1. The fourth-order valence-corrected chi connectivity index (χ4v) is 3.99. The van der Waals surface area contributed by atoms with E-state index in [0.29, 0.717) is 29.9 Å². The van der Waals surface area contributed by atoms with Gasteiger partial charge < -0.3 is 4.74 Å². The van der Waals surface area contributed by atoms with Crippen LogP contribution in [0.5, 0.6) is 11.5 Å². The number of fused-ring (bicyclic) bond motifs is 1. The van der Waals surface area contributed by atoms with Crippen molar-refractivity contribution < 1.29 is 9.53 Å². The van der Waals surface area contributed by atoms with Gasteiger partial charge in [-0.25, -0.2) is 4.68 Å². The molecule has 5 rings (SSSR count). The lowest BCUT2D eigenvalue weighted by atomic mass is 9.99. The van der Waals surface area contributed by atoms with Crippen molar-refractivity contribution in [2.45, 2.75) is 26.7 Å². The smallest absolute Gasteiger partial charge is 0.163 e. The molecule has 0 N–H and O–H groups in total. The van der Waals surface area contributed by atoms with Crippen LogP contribution in [0.15, 0.2) is 85.5 Å². The molecule has 3 aromatic heterocycles. The first-order valence-electron chi connectivity index (χ1n) is 11.2. The number of hydrogen-bond acceptors (Lipinski definition) is 5. The zero-order valence-corrected chi connectivity index (χ0v) is 19.1. The van der Waals surface area contributed by atoms with Crippen molar-refractivity contribution in [1.82, 2.24) is 19.7 Å². The Labute approximate surface area is 197 Å². The fourth-order valence-electron chi connectivity index (χ4n) is 3.99. The molecule has 0 fully saturated rings. The highest BCUT2D eigenvalue weighted by Gasteiger charge is 2.14. The number of aryl methyl sites for hydroxylation is 2. The van der Waals surface area contributed by atoms with E-state index in [9.17, 15) is 4.79 Å². The van der Waals surface area contributed by atoms with Crippen molar-refractivity contribution in [2.24, 2.45) is 0 Å². The highest BCUT2D eigenvalue weighted by molar-refractivity contribution is 5.98. The van der Waals surface area contributed by atoms with Crippen LogP contribution in [0, 0.1) is 13.8 Å². The number of pyridine rings is 2. The average Bonchev–Trinajstić information content (AvgIpc) is 3.30. The number of hydrogen-bond donors (Lipinski definition) is 0. The molecule has 0 unspecified atom stereocenters. The Bertz CT molecular complexity index is 1470. The predicted molar refractivity (Wildman–Crippen MR) is 132 cm³/mol. The molecule has 2 aromatic carbocycles. The molecular formula is C28H24N4O2. The first kappa shape index (κ1) is 21.5. The largest absolute Gasteiger partial charge is 0.456 e. The first-order chi connectivity index (χ1) is 16.6. The van der Waals surface area contributed by atoms with Gasteiger partial charge in [-0.2, -0.15) is 5.10 Å². The molecule has 0 bridgehead atoms. The van der Waals surface area contributed by atoms with Gasteiger partial charge in [-0.05, 0) is 74.4 Å². The van der Waals surface area contributed by atoms with E-state index in [1.54, 1.807) is 18.6 Å². The average molecular weight is 449 g/mol. The fraction of sp³-hybridized carbons (Fsp3) is 0.143. The summed E-state index contributed by atoms with van der Waals surface area (Å²) in [5, 5.41) is 5.37. The third kappa shape index (κ3) is 4.43. The third-order valence-corrected chi connectivity index (χ3v) is 5.87. The molecule has 0 aliphatic rings. The van der Waals surface area contributed by atoms with Crippen LogP contribution in [0.4, 0.5) is 0 Å². The molecule has 0 aliphatic carbocycles. The zero-order chi connectivity index (χ0) is 23.5. The van der Waals surface area contributed by atoms with Crippen LogP contribution < -0.4 is 4.74 Å². The summed E-state index contributed by atoms with van der Waals surface area (Å²) in [5.41, 5.74) is 5.31. The quantitative estimate of drug-likeness (QED) is 0.284. The second kappa shape index (κ2) is 9.27. The van der Waals surface area contributed by atoms with E-state index in [0.717, 1.165) is 33.4 Å². The molecule has 0 saturated heterocycles. The molecule has 0 atom stereocenters. The Morgan fingerprint density at radius 2 is 1.79 bits per heavy atom. The monoisotopic (exact) mass is 448 g/mol. The molecule has 6 nitrogen and oxygen atoms in total. The summed E-state index contributed by atoms with van der Waals surface area (Å²) >= 11 is 0. The number of Topliss-reactive ketones (excluding diaryl/α,β-unsaturated/α-hetero) is 1. The van der Waals surface area contributed by atoms with Crippen molar-refractivity contribution in [3.8, 4) is 17.2 Å². The molecule has 0 saturated carbocycles. The van der Waals surface area contributed by atoms with Crippen molar-refractivity contribution in [3.63, 3.8) is 0 Å². The van der Waals surface area contributed by atoms with Crippen LogP contribution in [0.3, 0.4) is 0 Å². The molecule has 0 spiro atoms. The zero-order valence-electron chi connectivity index (χ0n) is 19.1. The molecule has 3 heterocycles. The standard InChI is InChI=1S/C28H24N4O2/c1-19-13-17-32(31-19)22-7-8-24-25(18-22)30-16-12-28(24)34-27-5-3-4-23(20(27)2)26(33)9-6-21-10-14-29-15-11-21/h3-5,7-8,10-18H,6,9H2,1-2H3. The van der Waals surface area contributed by atoms with Crippen molar-refractivity contribution in [3.05, 3.63) is 108 Å². The van der Waals surface area contributed by atoms with Gasteiger partial charge >= 0.3 is 0 Å². The molecule has 0 aliphatic heterocycles. The maximum Gasteiger partial charge on any atom is 0.163 e. The highest BCUT2D eigenvalue weighted by atomic mass is 16.5. The van der Waals surface area contributed by atoms with Gasteiger partial charge in [-0.3, -0.25) is 14.8 Å². The van der Waals surface area contributed by atoms with E-state index < -0.39 is 0 Å². The Hall–Kier alpha value is -4.32. The van der Waals surface area contributed by atoms with Gasteiger partial charge in [0, 0.05) is 47.7 Å². The van der Waals surface area contributed by atoms with Crippen LogP contribution in [0.25, 0.3) is 16.6 Å².